The second kappa shape index (κ2) is 6.30. The number of rotatable bonds is 3. The second-order valence-electron chi connectivity index (χ2n) is 6.36. The van der Waals surface area contributed by atoms with Crippen LogP contribution in [-0.2, 0) is 9.53 Å². The molecule has 1 aromatic carbocycles. The van der Waals surface area contributed by atoms with Crippen LogP contribution in [0.3, 0.4) is 0 Å². The molecule has 6 heteroatoms. The molecule has 0 fully saturated rings. The van der Waals surface area contributed by atoms with Gasteiger partial charge in [-0.3, -0.25) is 4.79 Å². The summed E-state index contributed by atoms with van der Waals surface area (Å²) in [7, 11) is 0. The minimum atomic E-state index is -2.10. The summed E-state index contributed by atoms with van der Waals surface area (Å²) in [6.07, 6.45) is -0.992. The lowest BCUT2D eigenvalue weighted by Crippen LogP contribution is -2.59. The van der Waals surface area contributed by atoms with Crippen LogP contribution < -0.4 is 5.73 Å². The lowest BCUT2D eigenvalue weighted by Gasteiger charge is -2.46. The maximum Gasteiger partial charge on any atom is 0.245 e. The van der Waals surface area contributed by atoms with Gasteiger partial charge in [-0.05, 0) is 12.8 Å². The van der Waals surface area contributed by atoms with Gasteiger partial charge in [-0.15, -0.1) is 0 Å². The fourth-order valence-electron chi connectivity index (χ4n) is 3.42. The Kier molecular flexibility index (Phi) is 4.55. The summed E-state index contributed by atoms with van der Waals surface area (Å²) >= 11 is 0. The molecular formula is C19H18N4O2. The molecule has 2 rings (SSSR count). The highest BCUT2D eigenvalue weighted by Crippen LogP contribution is 2.55. The number of hydrogen-bond donors (Lipinski definition) is 1. The van der Waals surface area contributed by atoms with E-state index in [1.165, 1.54) is 6.92 Å². The van der Waals surface area contributed by atoms with Crippen molar-refractivity contribution in [3.05, 3.63) is 41.5 Å². The molecule has 0 radical (unpaired) electrons. The molecule has 126 valence electrons. The van der Waals surface area contributed by atoms with Gasteiger partial charge in [0.05, 0.1) is 18.2 Å². The average Bonchev–Trinajstić information content (AvgIpc) is 2.61. The smallest absolute Gasteiger partial charge is 0.245 e. The summed E-state index contributed by atoms with van der Waals surface area (Å²) in [6, 6.07) is 14.6. The Morgan fingerprint density at radius 1 is 1.16 bits per heavy atom. The van der Waals surface area contributed by atoms with Crippen molar-refractivity contribution in [2.45, 2.75) is 26.9 Å². The number of nitriles is 3. The third kappa shape index (κ3) is 2.25. The molecule has 0 bridgehead atoms. The minimum Gasteiger partial charge on any atom is -0.487 e. The van der Waals surface area contributed by atoms with Gasteiger partial charge >= 0.3 is 0 Å². The lowest BCUT2D eigenvalue weighted by molar-refractivity contribution is -0.131. The number of nitrogens with two attached hydrogens (primary N) is 1. The van der Waals surface area contributed by atoms with Crippen molar-refractivity contribution in [2.75, 3.05) is 0 Å². The van der Waals surface area contributed by atoms with E-state index in [1.54, 1.807) is 38.1 Å². The van der Waals surface area contributed by atoms with Crippen molar-refractivity contribution in [1.82, 2.24) is 0 Å². The molecule has 1 heterocycles. The predicted octanol–water partition coefficient (Wildman–Crippen LogP) is 2.50. The molecule has 6 nitrogen and oxygen atoms in total. The standard InChI is InChI=1S/C19H18N4O2/c1-12(2)16-18(9-20,10-21)19(11-22,17(23)24)13(3)15(25-16)14-7-5-4-6-8-14/h4-8,12,16H,1-3H3,(H2,23,24)/t16-,19-/m0/s1. The SMILES string of the molecule is CC1=C(c2ccccc2)O[C@@H](C(C)C)C(C#N)(C#N)[C@]1(C#N)C(N)=O. The Morgan fingerprint density at radius 3 is 2.12 bits per heavy atom. The van der Waals surface area contributed by atoms with Crippen LogP contribution in [0.5, 0.6) is 0 Å². The van der Waals surface area contributed by atoms with Crippen LogP contribution in [0.4, 0.5) is 0 Å². The van der Waals surface area contributed by atoms with Gasteiger partial charge in [0.25, 0.3) is 0 Å². The number of ether oxygens (including phenoxy) is 1. The van der Waals surface area contributed by atoms with Crippen LogP contribution >= 0.6 is 0 Å². The molecule has 0 aliphatic carbocycles. The molecule has 0 aromatic heterocycles. The molecule has 2 atom stereocenters. The molecule has 0 saturated heterocycles. The largest absolute Gasteiger partial charge is 0.487 e. The van der Waals surface area contributed by atoms with Crippen molar-refractivity contribution >= 4 is 11.7 Å². The fourth-order valence-corrected chi connectivity index (χ4v) is 3.42. The fraction of sp³-hybridized carbons (Fsp3) is 0.368. The van der Waals surface area contributed by atoms with Gasteiger partial charge in [0, 0.05) is 11.1 Å². The number of carbonyl (C=O) groups excluding carboxylic acids is 1. The third-order valence-electron chi connectivity index (χ3n) is 4.70. The highest BCUT2D eigenvalue weighted by molar-refractivity contribution is 5.93. The number of hydrogen-bond acceptors (Lipinski definition) is 5. The maximum absolute atomic E-state index is 12.4. The van der Waals surface area contributed by atoms with Crippen LogP contribution in [0.1, 0.15) is 26.3 Å². The van der Waals surface area contributed by atoms with Crippen LogP contribution in [0.25, 0.3) is 5.76 Å². The topological polar surface area (TPSA) is 124 Å². The molecule has 0 unspecified atom stereocenters. The summed E-state index contributed by atoms with van der Waals surface area (Å²) in [5.41, 5.74) is 2.26. The third-order valence-corrected chi connectivity index (χ3v) is 4.70. The van der Waals surface area contributed by atoms with Crippen LogP contribution in [0.15, 0.2) is 35.9 Å². The van der Waals surface area contributed by atoms with Gasteiger partial charge in [-0.25, -0.2) is 0 Å². The first-order chi connectivity index (χ1) is 11.8. The summed E-state index contributed by atoms with van der Waals surface area (Å²) in [5.74, 6) is -1.03. The Bertz CT molecular complexity index is 838. The maximum atomic E-state index is 12.4. The molecule has 0 spiro atoms. The van der Waals surface area contributed by atoms with E-state index in [0.717, 1.165) is 0 Å². The molecule has 1 aliphatic heterocycles. The van der Waals surface area contributed by atoms with E-state index in [-0.39, 0.29) is 11.5 Å². The van der Waals surface area contributed by atoms with Crippen molar-refractivity contribution < 1.29 is 9.53 Å². The van der Waals surface area contributed by atoms with Crippen molar-refractivity contribution in [3.8, 4) is 18.2 Å². The van der Waals surface area contributed by atoms with E-state index < -0.39 is 22.8 Å². The van der Waals surface area contributed by atoms with Crippen LogP contribution in [-0.4, -0.2) is 12.0 Å². The number of primary amides is 1. The van der Waals surface area contributed by atoms with Gasteiger partial charge in [0.15, 0.2) is 5.41 Å². The quantitative estimate of drug-likeness (QED) is 0.909. The monoisotopic (exact) mass is 334 g/mol. The van der Waals surface area contributed by atoms with E-state index in [4.69, 9.17) is 10.5 Å². The summed E-state index contributed by atoms with van der Waals surface area (Å²) in [4.78, 5) is 12.4. The molecule has 1 amide bonds. The molecule has 1 aromatic rings. The summed E-state index contributed by atoms with van der Waals surface area (Å²) < 4.78 is 6.03. The minimum absolute atomic E-state index is 0.175. The van der Waals surface area contributed by atoms with E-state index in [1.807, 2.05) is 24.3 Å². The van der Waals surface area contributed by atoms with Crippen LogP contribution in [0.2, 0.25) is 0 Å². The normalized spacial score (nSPS) is 24.6. The zero-order chi connectivity index (χ0) is 18.8. The number of carbonyl (C=O) groups is 1. The summed E-state index contributed by atoms with van der Waals surface area (Å²) in [6.45, 7) is 5.04. The Balaban J connectivity index is 2.95. The van der Waals surface area contributed by atoms with Gasteiger partial charge in [0.1, 0.15) is 11.9 Å². The Labute approximate surface area is 146 Å². The zero-order valence-corrected chi connectivity index (χ0v) is 14.3. The lowest BCUT2D eigenvalue weighted by atomic mass is 9.55. The Hall–Kier alpha value is -3.30. The van der Waals surface area contributed by atoms with Crippen molar-refractivity contribution in [3.63, 3.8) is 0 Å². The highest BCUT2D eigenvalue weighted by Gasteiger charge is 2.68. The zero-order valence-electron chi connectivity index (χ0n) is 14.3. The Morgan fingerprint density at radius 2 is 1.72 bits per heavy atom. The van der Waals surface area contributed by atoms with Crippen molar-refractivity contribution in [1.29, 1.82) is 15.8 Å². The van der Waals surface area contributed by atoms with Gasteiger partial charge < -0.3 is 10.5 Å². The first kappa shape index (κ1) is 18.0. The molecular weight excluding hydrogens is 316 g/mol. The van der Waals surface area contributed by atoms with Crippen molar-refractivity contribution in [2.24, 2.45) is 22.5 Å². The molecule has 2 N–H and O–H groups in total. The van der Waals surface area contributed by atoms with E-state index in [2.05, 4.69) is 0 Å². The van der Waals surface area contributed by atoms with E-state index in [0.29, 0.717) is 11.3 Å². The number of nitrogens with zero attached hydrogens (tertiary/aromatic N) is 3. The first-order valence-electron chi connectivity index (χ1n) is 7.79. The first-order valence-corrected chi connectivity index (χ1v) is 7.79. The van der Waals surface area contributed by atoms with Gasteiger partial charge in [0.2, 0.25) is 11.3 Å². The average molecular weight is 334 g/mol. The summed E-state index contributed by atoms with van der Waals surface area (Å²) in [5, 5.41) is 29.5. The molecule has 1 aliphatic rings. The molecule has 0 saturated carbocycles. The van der Waals surface area contributed by atoms with Crippen LogP contribution in [0, 0.1) is 50.7 Å². The van der Waals surface area contributed by atoms with E-state index in [9.17, 15) is 20.6 Å². The second-order valence-corrected chi connectivity index (χ2v) is 6.36. The van der Waals surface area contributed by atoms with Gasteiger partial charge in [-0.2, -0.15) is 15.8 Å². The molecule has 25 heavy (non-hydrogen) atoms. The number of amides is 1. The number of benzene rings is 1. The van der Waals surface area contributed by atoms with Gasteiger partial charge in [-0.1, -0.05) is 44.2 Å². The van der Waals surface area contributed by atoms with E-state index >= 15 is 0 Å². The predicted molar refractivity (Wildman–Crippen MR) is 89.6 cm³/mol. The highest BCUT2D eigenvalue weighted by atomic mass is 16.5.